The smallest absolute Gasteiger partial charge is 0.258 e. The summed E-state index contributed by atoms with van der Waals surface area (Å²) in [5.41, 5.74) is 1.06. The van der Waals surface area contributed by atoms with Crippen LogP contribution >= 0.6 is 0 Å². The molecular weight excluding hydrogens is 370 g/mol. The number of amides is 2. The molecule has 7 nitrogen and oxygen atoms in total. The van der Waals surface area contributed by atoms with Crippen molar-refractivity contribution in [2.24, 2.45) is 0 Å². The number of hydrogen-bond acceptors (Lipinski definition) is 5. The maximum atomic E-state index is 13.4. The molecule has 0 bridgehead atoms. The number of aliphatic hydroxyl groups excluding tert-OH is 1. The van der Waals surface area contributed by atoms with Crippen LogP contribution in [0.2, 0.25) is 0 Å². The van der Waals surface area contributed by atoms with Crippen LogP contribution in [0.5, 0.6) is 5.75 Å². The lowest BCUT2D eigenvalue weighted by molar-refractivity contribution is -0.135. The summed E-state index contributed by atoms with van der Waals surface area (Å²) in [7, 11) is 2.09. The van der Waals surface area contributed by atoms with E-state index in [1.807, 2.05) is 25.1 Å². The van der Waals surface area contributed by atoms with Gasteiger partial charge in [0.1, 0.15) is 17.9 Å². The lowest BCUT2D eigenvalue weighted by Gasteiger charge is -2.42. The van der Waals surface area contributed by atoms with Crippen LogP contribution < -0.4 is 4.74 Å². The number of aryl methyl sites for hydroxylation is 1. The normalized spacial score (nSPS) is 24.8. The molecule has 0 radical (unpaired) electrons. The van der Waals surface area contributed by atoms with E-state index in [-0.39, 0.29) is 18.4 Å². The van der Waals surface area contributed by atoms with E-state index in [0.29, 0.717) is 30.9 Å². The molecule has 0 saturated carbocycles. The molecule has 3 aliphatic rings. The molecule has 2 amide bonds. The van der Waals surface area contributed by atoms with Crippen molar-refractivity contribution in [1.82, 2.24) is 14.7 Å². The number of ether oxygens (including phenoxy) is 1. The van der Waals surface area contributed by atoms with Crippen molar-refractivity contribution in [3.63, 3.8) is 0 Å². The van der Waals surface area contributed by atoms with Crippen LogP contribution in [-0.4, -0.2) is 89.6 Å². The second-order valence-electron chi connectivity index (χ2n) is 8.88. The van der Waals surface area contributed by atoms with E-state index in [1.54, 1.807) is 9.80 Å². The molecule has 1 N–H and O–H groups in total. The SMILES string of the molecule is Cc1ccc2c(c1)C(=O)N(CC(=O)N1CCCC(O)C1)CC1(CCN(C)CC1)O2. The van der Waals surface area contributed by atoms with Gasteiger partial charge in [-0.05, 0) is 38.9 Å². The van der Waals surface area contributed by atoms with Gasteiger partial charge in [-0.1, -0.05) is 11.6 Å². The molecule has 0 aromatic heterocycles. The number of carbonyl (C=O) groups excluding carboxylic acids is 2. The van der Waals surface area contributed by atoms with Gasteiger partial charge in [-0.15, -0.1) is 0 Å². The monoisotopic (exact) mass is 401 g/mol. The van der Waals surface area contributed by atoms with Gasteiger partial charge in [0.15, 0.2) is 0 Å². The molecule has 3 aliphatic heterocycles. The molecule has 1 unspecified atom stereocenters. The van der Waals surface area contributed by atoms with Crippen LogP contribution in [0.15, 0.2) is 18.2 Å². The predicted molar refractivity (Wildman–Crippen MR) is 109 cm³/mol. The first-order valence-corrected chi connectivity index (χ1v) is 10.6. The summed E-state index contributed by atoms with van der Waals surface area (Å²) in [6.45, 7) is 5.18. The predicted octanol–water partition coefficient (Wildman–Crippen LogP) is 1.28. The third-order valence-electron chi connectivity index (χ3n) is 6.43. The van der Waals surface area contributed by atoms with Crippen LogP contribution in [0, 0.1) is 6.92 Å². The van der Waals surface area contributed by atoms with Gasteiger partial charge in [-0.2, -0.15) is 0 Å². The number of benzene rings is 1. The van der Waals surface area contributed by atoms with Crippen molar-refractivity contribution in [2.45, 2.75) is 44.3 Å². The summed E-state index contributed by atoms with van der Waals surface area (Å²) < 4.78 is 6.48. The van der Waals surface area contributed by atoms with Crippen LogP contribution in [0.1, 0.15) is 41.6 Å². The maximum absolute atomic E-state index is 13.4. The molecule has 1 spiro atoms. The Balaban J connectivity index is 1.61. The number of likely N-dealkylation sites (tertiary alicyclic amines) is 2. The fourth-order valence-electron chi connectivity index (χ4n) is 4.61. The highest BCUT2D eigenvalue weighted by molar-refractivity contribution is 5.99. The third kappa shape index (κ3) is 4.26. The number of piperidine rings is 2. The lowest BCUT2D eigenvalue weighted by Crippen LogP contribution is -2.55. The first kappa shape index (κ1) is 20.2. The molecule has 2 saturated heterocycles. The average Bonchev–Trinajstić information content (AvgIpc) is 2.80. The van der Waals surface area contributed by atoms with Gasteiger partial charge in [-0.25, -0.2) is 0 Å². The summed E-state index contributed by atoms with van der Waals surface area (Å²) in [5.74, 6) is 0.371. The summed E-state index contributed by atoms with van der Waals surface area (Å²) in [5, 5.41) is 9.92. The number of nitrogens with zero attached hydrogens (tertiary/aromatic N) is 3. The van der Waals surface area contributed by atoms with Gasteiger partial charge >= 0.3 is 0 Å². The molecule has 1 aromatic carbocycles. The van der Waals surface area contributed by atoms with Crippen LogP contribution in [0.4, 0.5) is 0 Å². The third-order valence-corrected chi connectivity index (χ3v) is 6.43. The number of carbonyl (C=O) groups is 2. The molecule has 158 valence electrons. The number of hydrogen-bond donors (Lipinski definition) is 1. The average molecular weight is 402 g/mol. The summed E-state index contributed by atoms with van der Waals surface area (Å²) in [6.07, 6.45) is 2.68. The van der Waals surface area contributed by atoms with E-state index in [4.69, 9.17) is 4.74 Å². The highest BCUT2D eigenvalue weighted by Crippen LogP contribution is 2.35. The highest BCUT2D eigenvalue weighted by Gasteiger charge is 2.43. The van der Waals surface area contributed by atoms with Crippen LogP contribution in [0.25, 0.3) is 0 Å². The Morgan fingerprint density at radius 3 is 2.76 bits per heavy atom. The van der Waals surface area contributed by atoms with E-state index in [9.17, 15) is 14.7 Å². The van der Waals surface area contributed by atoms with E-state index >= 15 is 0 Å². The Kier molecular flexibility index (Phi) is 5.53. The Hall–Kier alpha value is -2.12. The molecular formula is C22H31N3O4. The number of rotatable bonds is 2. The van der Waals surface area contributed by atoms with Gasteiger partial charge < -0.3 is 24.5 Å². The second-order valence-corrected chi connectivity index (χ2v) is 8.88. The largest absolute Gasteiger partial charge is 0.484 e. The van der Waals surface area contributed by atoms with Gasteiger partial charge in [-0.3, -0.25) is 9.59 Å². The minimum Gasteiger partial charge on any atom is -0.484 e. The lowest BCUT2D eigenvalue weighted by atomic mass is 9.90. The first-order valence-electron chi connectivity index (χ1n) is 10.6. The number of fused-ring (bicyclic) bond motifs is 1. The molecule has 29 heavy (non-hydrogen) atoms. The Bertz CT molecular complexity index is 788. The van der Waals surface area contributed by atoms with Crippen molar-refractivity contribution >= 4 is 11.8 Å². The minimum atomic E-state index is -0.473. The first-order chi connectivity index (χ1) is 13.8. The van der Waals surface area contributed by atoms with Crippen molar-refractivity contribution in [3.05, 3.63) is 29.3 Å². The van der Waals surface area contributed by atoms with E-state index in [1.165, 1.54) is 0 Å². The van der Waals surface area contributed by atoms with Crippen LogP contribution in [-0.2, 0) is 4.79 Å². The Labute approximate surface area is 172 Å². The summed E-state index contributed by atoms with van der Waals surface area (Å²) in [4.78, 5) is 31.9. The zero-order valence-electron chi connectivity index (χ0n) is 17.4. The second kappa shape index (κ2) is 7.95. The van der Waals surface area contributed by atoms with Gasteiger partial charge in [0.25, 0.3) is 5.91 Å². The zero-order valence-corrected chi connectivity index (χ0v) is 17.4. The van der Waals surface area contributed by atoms with E-state index in [0.717, 1.165) is 44.3 Å². The maximum Gasteiger partial charge on any atom is 0.258 e. The molecule has 0 aliphatic carbocycles. The van der Waals surface area contributed by atoms with Crippen molar-refractivity contribution in [1.29, 1.82) is 0 Å². The number of aliphatic hydroxyl groups is 1. The minimum absolute atomic E-state index is 0.0277. The highest BCUT2D eigenvalue weighted by atomic mass is 16.5. The van der Waals surface area contributed by atoms with Crippen molar-refractivity contribution in [3.8, 4) is 5.75 Å². The summed E-state index contributed by atoms with van der Waals surface area (Å²) >= 11 is 0. The molecule has 7 heteroatoms. The quantitative estimate of drug-likeness (QED) is 0.808. The molecule has 1 aromatic rings. The van der Waals surface area contributed by atoms with E-state index < -0.39 is 11.7 Å². The van der Waals surface area contributed by atoms with Gasteiger partial charge in [0.05, 0.1) is 18.2 Å². The fourth-order valence-corrected chi connectivity index (χ4v) is 4.61. The Morgan fingerprint density at radius 1 is 1.28 bits per heavy atom. The zero-order chi connectivity index (χ0) is 20.6. The molecule has 4 rings (SSSR count). The van der Waals surface area contributed by atoms with Crippen LogP contribution in [0.3, 0.4) is 0 Å². The summed E-state index contributed by atoms with van der Waals surface area (Å²) in [6, 6.07) is 5.70. The Morgan fingerprint density at radius 2 is 2.03 bits per heavy atom. The number of β-amino-alcohol motifs (C(OH)–C–C–N with tert-alkyl or cyclic N) is 1. The topological polar surface area (TPSA) is 73.3 Å². The van der Waals surface area contributed by atoms with Crippen molar-refractivity contribution < 1.29 is 19.4 Å². The fraction of sp³-hybridized carbons (Fsp3) is 0.636. The standard InChI is InChI=1S/C22H31N3O4/c1-16-5-6-19-18(12-16)21(28)25(14-20(27)24-9-3-4-17(26)13-24)15-22(29-19)7-10-23(2)11-8-22/h5-6,12,17,26H,3-4,7-11,13-15H2,1-2H3. The molecule has 1 atom stereocenters. The van der Waals surface area contributed by atoms with Crippen molar-refractivity contribution in [2.75, 3.05) is 46.3 Å². The van der Waals surface area contributed by atoms with Gasteiger partial charge in [0, 0.05) is 39.0 Å². The molecule has 2 fully saturated rings. The van der Waals surface area contributed by atoms with E-state index in [2.05, 4.69) is 11.9 Å². The van der Waals surface area contributed by atoms with Gasteiger partial charge in [0.2, 0.25) is 5.91 Å². The molecule has 3 heterocycles.